The van der Waals surface area contributed by atoms with Crippen molar-refractivity contribution >= 4 is 23.2 Å². The lowest BCUT2D eigenvalue weighted by Gasteiger charge is -2.06. The lowest BCUT2D eigenvalue weighted by Crippen LogP contribution is -2.30. The molecule has 0 saturated heterocycles. The highest BCUT2D eigenvalue weighted by molar-refractivity contribution is 7.12. The van der Waals surface area contributed by atoms with E-state index in [1.807, 2.05) is 5.38 Å². The minimum absolute atomic E-state index is 0.178. The van der Waals surface area contributed by atoms with Crippen LogP contribution in [0.5, 0.6) is 0 Å². The van der Waals surface area contributed by atoms with E-state index in [4.69, 9.17) is 0 Å². The average molecular weight is 306 g/mol. The minimum atomic E-state index is -0.329. The molecule has 1 aromatic heterocycles. The molecule has 2 N–H and O–H groups in total. The first-order valence-corrected chi connectivity index (χ1v) is 7.36. The fourth-order valence-electron chi connectivity index (χ4n) is 1.72. The number of halogens is 1. The van der Waals surface area contributed by atoms with Gasteiger partial charge in [0.25, 0.3) is 5.91 Å². The molecule has 2 rings (SSSR count). The van der Waals surface area contributed by atoms with Gasteiger partial charge in [0.1, 0.15) is 5.82 Å². The highest BCUT2D eigenvalue weighted by Gasteiger charge is 2.07. The maximum atomic E-state index is 13.0. The van der Waals surface area contributed by atoms with Gasteiger partial charge in [-0.1, -0.05) is 18.2 Å². The van der Waals surface area contributed by atoms with E-state index < -0.39 is 0 Å². The first kappa shape index (κ1) is 15.2. The Bertz CT molecular complexity index is 614. The monoisotopic (exact) mass is 306 g/mol. The van der Waals surface area contributed by atoms with Crippen LogP contribution in [0.1, 0.15) is 21.7 Å². The van der Waals surface area contributed by atoms with Crippen molar-refractivity contribution in [2.45, 2.75) is 13.0 Å². The van der Waals surface area contributed by atoms with Gasteiger partial charge in [-0.3, -0.25) is 9.59 Å². The second-order valence-electron chi connectivity index (χ2n) is 4.39. The molecule has 2 amide bonds. The van der Waals surface area contributed by atoms with Crippen molar-refractivity contribution in [2.24, 2.45) is 0 Å². The van der Waals surface area contributed by atoms with Crippen molar-refractivity contribution in [3.63, 3.8) is 0 Å². The van der Waals surface area contributed by atoms with Crippen molar-refractivity contribution in [2.75, 3.05) is 6.54 Å². The van der Waals surface area contributed by atoms with Crippen LogP contribution in [-0.4, -0.2) is 18.4 Å². The number of carbonyl (C=O) groups excluding carboxylic acids is 2. The van der Waals surface area contributed by atoms with Crippen molar-refractivity contribution < 1.29 is 14.0 Å². The molecule has 0 spiro atoms. The van der Waals surface area contributed by atoms with Gasteiger partial charge in [0.15, 0.2) is 0 Å². The zero-order valence-corrected chi connectivity index (χ0v) is 12.1. The van der Waals surface area contributed by atoms with Gasteiger partial charge < -0.3 is 10.6 Å². The van der Waals surface area contributed by atoms with Gasteiger partial charge in [0.05, 0.1) is 4.88 Å². The van der Waals surface area contributed by atoms with Crippen LogP contribution in [0.3, 0.4) is 0 Å². The fraction of sp³-hybridized carbons (Fsp3) is 0.200. The van der Waals surface area contributed by atoms with Crippen LogP contribution in [0.4, 0.5) is 4.39 Å². The van der Waals surface area contributed by atoms with Crippen LogP contribution < -0.4 is 10.6 Å². The quantitative estimate of drug-likeness (QED) is 0.860. The zero-order valence-electron chi connectivity index (χ0n) is 11.3. The second kappa shape index (κ2) is 7.54. The van der Waals surface area contributed by atoms with Crippen LogP contribution in [0.2, 0.25) is 0 Å². The van der Waals surface area contributed by atoms with Gasteiger partial charge in [-0.15, -0.1) is 11.3 Å². The van der Waals surface area contributed by atoms with Crippen molar-refractivity contribution in [3.8, 4) is 0 Å². The standard InChI is InChI=1S/C15H15FN2O2S/c16-12-4-1-3-11(9-12)10-18-14(19)6-7-17-15(20)13-5-2-8-21-13/h1-5,8-9H,6-7,10H2,(H,17,20)(H,18,19). The highest BCUT2D eigenvalue weighted by Crippen LogP contribution is 2.07. The molecule has 4 nitrogen and oxygen atoms in total. The summed E-state index contributed by atoms with van der Waals surface area (Å²) in [5, 5.41) is 7.17. The van der Waals surface area contributed by atoms with E-state index in [9.17, 15) is 14.0 Å². The highest BCUT2D eigenvalue weighted by atomic mass is 32.1. The number of amides is 2. The van der Waals surface area contributed by atoms with Crippen molar-refractivity contribution in [1.29, 1.82) is 0 Å². The molecule has 0 aliphatic heterocycles. The number of thiophene rings is 1. The third-order valence-electron chi connectivity index (χ3n) is 2.76. The molecule has 1 aromatic carbocycles. The Morgan fingerprint density at radius 3 is 2.71 bits per heavy atom. The van der Waals surface area contributed by atoms with Crippen molar-refractivity contribution in [1.82, 2.24) is 10.6 Å². The first-order valence-electron chi connectivity index (χ1n) is 6.48. The zero-order chi connectivity index (χ0) is 15.1. The number of rotatable bonds is 6. The average Bonchev–Trinajstić information content (AvgIpc) is 2.99. The van der Waals surface area contributed by atoms with E-state index >= 15 is 0 Å². The van der Waals surface area contributed by atoms with Crippen LogP contribution in [0.25, 0.3) is 0 Å². The van der Waals surface area contributed by atoms with E-state index in [1.165, 1.54) is 23.5 Å². The molecule has 2 aromatic rings. The Kier molecular flexibility index (Phi) is 5.45. The Morgan fingerprint density at radius 2 is 2.00 bits per heavy atom. The second-order valence-corrected chi connectivity index (χ2v) is 5.34. The fourth-order valence-corrected chi connectivity index (χ4v) is 2.36. The molecule has 21 heavy (non-hydrogen) atoms. The van der Waals surface area contributed by atoms with Gasteiger partial charge in [-0.25, -0.2) is 4.39 Å². The molecule has 0 unspecified atom stereocenters. The molecular weight excluding hydrogens is 291 g/mol. The summed E-state index contributed by atoms with van der Waals surface area (Å²) in [6, 6.07) is 9.58. The molecule has 0 aliphatic rings. The van der Waals surface area contributed by atoms with Crippen LogP contribution in [0.15, 0.2) is 41.8 Å². The molecule has 0 atom stereocenters. The van der Waals surface area contributed by atoms with Gasteiger partial charge >= 0.3 is 0 Å². The Morgan fingerprint density at radius 1 is 1.14 bits per heavy atom. The third kappa shape index (κ3) is 5.00. The predicted molar refractivity (Wildman–Crippen MR) is 79.5 cm³/mol. The summed E-state index contributed by atoms with van der Waals surface area (Å²) >= 11 is 1.35. The molecule has 110 valence electrons. The smallest absolute Gasteiger partial charge is 0.261 e. The van der Waals surface area contributed by atoms with Crippen LogP contribution in [-0.2, 0) is 11.3 Å². The van der Waals surface area contributed by atoms with Gasteiger partial charge in [0.2, 0.25) is 5.91 Å². The summed E-state index contributed by atoms with van der Waals surface area (Å²) in [7, 11) is 0. The van der Waals surface area contributed by atoms with Gasteiger partial charge in [0, 0.05) is 19.5 Å². The van der Waals surface area contributed by atoms with Crippen molar-refractivity contribution in [3.05, 3.63) is 58.0 Å². The molecule has 0 aliphatic carbocycles. The van der Waals surface area contributed by atoms with Gasteiger partial charge in [-0.05, 0) is 29.1 Å². The summed E-state index contributed by atoms with van der Waals surface area (Å²) in [4.78, 5) is 23.9. The molecule has 0 bridgehead atoms. The summed E-state index contributed by atoms with van der Waals surface area (Å²) in [6.07, 6.45) is 0.187. The predicted octanol–water partition coefficient (Wildman–Crippen LogP) is 2.32. The van der Waals surface area contributed by atoms with E-state index in [2.05, 4.69) is 10.6 Å². The van der Waals surface area contributed by atoms with Crippen LogP contribution >= 0.6 is 11.3 Å². The minimum Gasteiger partial charge on any atom is -0.352 e. The number of hydrogen-bond donors (Lipinski definition) is 2. The third-order valence-corrected chi connectivity index (χ3v) is 3.63. The Balaban J connectivity index is 1.67. The number of nitrogens with one attached hydrogen (secondary N) is 2. The molecule has 0 radical (unpaired) electrons. The topological polar surface area (TPSA) is 58.2 Å². The van der Waals surface area contributed by atoms with E-state index in [0.717, 1.165) is 0 Å². The summed E-state index contributed by atoms with van der Waals surface area (Å²) in [5.41, 5.74) is 0.700. The van der Waals surface area contributed by atoms with E-state index in [0.29, 0.717) is 10.4 Å². The molecule has 6 heteroatoms. The molecule has 0 fully saturated rings. The summed E-state index contributed by atoms with van der Waals surface area (Å²) < 4.78 is 13.0. The Hall–Kier alpha value is -2.21. The number of benzene rings is 1. The van der Waals surface area contributed by atoms with E-state index in [-0.39, 0.29) is 37.1 Å². The number of carbonyl (C=O) groups is 2. The summed E-state index contributed by atoms with van der Waals surface area (Å²) in [6.45, 7) is 0.543. The lowest BCUT2D eigenvalue weighted by atomic mass is 10.2. The SMILES string of the molecule is O=C(CCNC(=O)c1cccs1)NCc1cccc(F)c1. The van der Waals surface area contributed by atoms with Crippen LogP contribution in [0, 0.1) is 5.82 Å². The first-order chi connectivity index (χ1) is 10.1. The Labute approximate surface area is 126 Å². The normalized spacial score (nSPS) is 10.1. The van der Waals surface area contributed by atoms with E-state index in [1.54, 1.807) is 24.3 Å². The molecule has 1 heterocycles. The maximum absolute atomic E-state index is 13.0. The summed E-state index contributed by atoms with van der Waals surface area (Å²) in [5.74, 6) is -0.696. The maximum Gasteiger partial charge on any atom is 0.261 e. The molecular formula is C15H15FN2O2S. The largest absolute Gasteiger partial charge is 0.352 e. The number of hydrogen-bond acceptors (Lipinski definition) is 3. The van der Waals surface area contributed by atoms with Gasteiger partial charge in [-0.2, -0.15) is 0 Å². The molecule has 0 saturated carbocycles. The lowest BCUT2D eigenvalue weighted by molar-refractivity contribution is -0.121.